The van der Waals surface area contributed by atoms with Gasteiger partial charge in [0.15, 0.2) is 0 Å². The van der Waals surface area contributed by atoms with E-state index in [1.165, 1.54) is 0 Å². The van der Waals surface area contributed by atoms with E-state index in [-0.39, 0.29) is 12.5 Å². The first-order valence-corrected chi connectivity index (χ1v) is 7.62. The molecular formula is C19H21N3O2. The van der Waals surface area contributed by atoms with Gasteiger partial charge in [-0.15, -0.1) is 0 Å². The minimum absolute atomic E-state index is 0.111. The summed E-state index contributed by atoms with van der Waals surface area (Å²) in [6.45, 7) is 1.94. The van der Waals surface area contributed by atoms with Crippen LogP contribution in [-0.2, 0) is 4.79 Å². The van der Waals surface area contributed by atoms with Crippen molar-refractivity contribution in [3.05, 3.63) is 66.2 Å². The molecule has 0 aliphatic heterocycles. The van der Waals surface area contributed by atoms with Crippen molar-refractivity contribution in [1.82, 2.24) is 5.43 Å². The van der Waals surface area contributed by atoms with Crippen molar-refractivity contribution in [2.75, 3.05) is 19.0 Å². The zero-order chi connectivity index (χ0) is 17.2. The highest BCUT2D eigenvalue weighted by Gasteiger charge is 2.03. The lowest BCUT2D eigenvalue weighted by molar-refractivity contribution is -0.119. The number of amides is 1. The molecule has 2 N–H and O–H groups in total. The molecule has 2 aromatic rings. The van der Waals surface area contributed by atoms with Crippen molar-refractivity contribution in [2.45, 2.75) is 6.92 Å². The molecule has 24 heavy (non-hydrogen) atoms. The van der Waals surface area contributed by atoms with Crippen molar-refractivity contribution in [3.63, 3.8) is 0 Å². The van der Waals surface area contributed by atoms with Crippen LogP contribution < -0.4 is 15.5 Å². The van der Waals surface area contributed by atoms with E-state index in [4.69, 9.17) is 4.74 Å². The number of methoxy groups -OCH3 is 1. The fourth-order valence-corrected chi connectivity index (χ4v) is 1.97. The van der Waals surface area contributed by atoms with Crippen molar-refractivity contribution >= 4 is 23.4 Å². The average molecular weight is 323 g/mol. The van der Waals surface area contributed by atoms with E-state index in [1.807, 2.05) is 73.7 Å². The van der Waals surface area contributed by atoms with E-state index in [9.17, 15) is 4.79 Å². The zero-order valence-electron chi connectivity index (χ0n) is 13.8. The van der Waals surface area contributed by atoms with Crippen LogP contribution in [0.4, 0.5) is 5.69 Å². The van der Waals surface area contributed by atoms with Gasteiger partial charge in [0.1, 0.15) is 5.75 Å². The van der Waals surface area contributed by atoms with Gasteiger partial charge < -0.3 is 10.1 Å². The Morgan fingerprint density at radius 1 is 1.12 bits per heavy atom. The number of ether oxygens (including phenoxy) is 1. The first-order valence-electron chi connectivity index (χ1n) is 7.62. The molecule has 124 valence electrons. The summed E-state index contributed by atoms with van der Waals surface area (Å²) >= 11 is 0. The summed E-state index contributed by atoms with van der Waals surface area (Å²) in [6, 6.07) is 17.3. The number of rotatable bonds is 7. The van der Waals surface area contributed by atoms with Gasteiger partial charge in [-0.1, -0.05) is 48.5 Å². The maximum Gasteiger partial charge on any atom is 0.259 e. The largest absolute Gasteiger partial charge is 0.495 e. The first-order chi connectivity index (χ1) is 11.7. The average Bonchev–Trinajstić information content (AvgIpc) is 2.64. The standard InChI is InChI=1S/C19H21N3O2/c1-15(12-13-16-8-4-3-5-9-16)21-22-19(23)14-20-17-10-6-7-11-18(17)24-2/h3-13,20H,14H2,1-2H3,(H,22,23). The Kier molecular flexibility index (Phi) is 6.58. The topological polar surface area (TPSA) is 62.7 Å². The summed E-state index contributed by atoms with van der Waals surface area (Å²) in [6.07, 6.45) is 3.79. The number of hydrogen-bond donors (Lipinski definition) is 2. The number of hydrogen-bond acceptors (Lipinski definition) is 4. The van der Waals surface area contributed by atoms with Crippen LogP contribution in [0.5, 0.6) is 5.75 Å². The molecule has 0 radical (unpaired) electrons. The molecule has 2 aromatic carbocycles. The number of allylic oxidation sites excluding steroid dienone is 1. The third-order valence-corrected chi connectivity index (χ3v) is 3.22. The normalized spacial score (nSPS) is 11.3. The van der Waals surface area contributed by atoms with E-state index in [0.717, 1.165) is 11.3 Å². The molecule has 0 saturated heterocycles. The molecule has 5 nitrogen and oxygen atoms in total. The molecule has 1 amide bonds. The molecule has 0 heterocycles. The van der Waals surface area contributed by atoms with E-state index in [2.05, 4.69) is 15.8 Å². The quantitative estimate of drug-likeness (QED) is 0.607. The molecule has 0 bridgehead atoms. The molecule has 0 aliphatic carbocycles. The van der Waals surface area contributed by atoms with Crippen molar-refractivity contribution in [1.29, 1.82) is 0 Å². The Balaban J connectivity index is 1.82. The van der Waals surface area contributed by atoms with Gasteiger partial charge >= 0.3 is 0 Å². The summed E-state index contributed by atoms with van der Waals surface area (Å²) in [7, 11) is 1.59. The lowest BCUT2D eigenvalue weighted by Gasteiger charge is -2.09. The summed E-state index contributed by atoms with van der Waals surface area (Å²) < 4.78 is 5.22. The molecule has 0 aromatic heterocycles. The number of nitrogens with zero attached hydrogens (tertiary/aromatic N) is 1. The maximum atomic E-state index is 11.8. The fraction of sp³-hybridized carbons (Fsp3) is 0.158. The van der Waals surface area contributed by atoms with Gasteiger partial charge in [0.25, 0.3) is 5.91 Å². The van der Waals surface area contributed by atoms with Crippen LogP contribution in [0.3, 0.4) is 0 Å². The van der Waals surface area contributed by atoms with Crippen LogP contribution in [0, 0.1) is 0 Å². The number of benzene rings is 2. The van der Waals surface area contributed by atoms with Gasteiger partial charge in [-0.05, 0) is 30.7 Å². The smallest absolute Gasteiger partial charge is 0.259 e. The molecule has 0 saturated carbocycles. The van der Waals surface area contributed by atoms with Crippen molar-refractivity contribution in [3.8, 4) is 5.75 Å². The summed E-state index contributed by atoms with van der Waals surface area (Å²) in [5.41, 5.74) is 5.08. The second kappa shape index (κ2) is 9.15. The van der Waals surface area contributed by atoms with Crippen LogP contribution in [0.1, 0.15) is 12.5 Å². The van der Waals surface area contributed by atoms with Crippen LogP contribution in [0.2, 0.25) is 0 Å². The molecule has 0 aliphatic rings. The Hall–Kier alpha value is -3.08. The number of anilines is 1. The third kappa shape index (κ3) is 5.61. The summed E-state index contributed by atoms with van der Waals surface area (Å²) in [4.78, 5) is 11.8. The monoisotopic (exact) mass is 323 g/mol. The summed E-state index contributed by atoms with van der Waals surface area (Å²) in [5.74, 6) is 0.462. The van der Waals surface area contributed by atoms with Crippen LogP contribution >= 0.6 is 0 Å². The number of nitrogens with one attached hydrogen (secondary N) is 2. The second-order valence-electron chi connectivity index (χ2n) is 5.09. The molecule has 0 atom stereocenters. The van der Waals surface area contributed by atoms with E-state index in [0.29, 0.717) is 11.5 Å². The first kappa shape index (κ1) is 17.3. The van der Waals surface area contributed by atoms with Crippen LogP contribution in [-0.4, -0.2) is 25.3 Å². The van der Waals surface area contributed by atoms with Crippen LogP contribution in [0.15, 0.2) is 65.8 Å². The highest BCUT2D eigenvalue weighted by molar-refractivity contribution is 5.97. The Morgan fingerprint density at radius 2 is 1.83 bits per heavy atom. The SMILES string of the molecule is COc1ccccc1NCC(=O)NN=C(C)C=Cc1ccccc1. The van der Waals surface area contributed by atoms with Gasteiger partial charge in [0.05, 0.1) is 25.1 Å². The molecular weight excluding hydrogens is 302 g/mol. The predicted molar refractivity (Wildman–Crippen MR) is 98.2 cm³/mol. The number of para-hydroxylation sites is 2. The minimum Gasteiger partial charge on any atom is -0.495 e. The molecule has 0 unspecified atom stereocenters. The van der Waals surface area contributed by atoms with E-state index < -0.39 is 0 Å². The van der Waals surface area contributed by atoms with Crippen molar-refractivity contribution < 1.29 is 9.53 Å². The molecule has 2 rings (SSSR count). The lowest BCUT2D eigenvalue weighted by Crippen LogP contribution is -2.26. The lowest BCUT2D eigenvalue weighted by atomic mass is 10.2. The summed E-state index contributed by atoms with van der Waals surface area (Å²) in [5, 5.41) is 7.07. The fourth-order valence-electron chi connectivity index (χ4n) is 1.97. The van der Waals surface area contributed by atoms with Crippen molar-refractivity contribution in [2.24, 2.45) is 5.10 Å². The number of hydrazone groups is 1. The molecule has 5 heteroatoms. The van der Waals surface area contributed by atoms with E-state index in [1.54, 1.807) is 7.11 Å². The van der Waals surface area contributed by atoms with Gasteiger partial charge in [-0.2, -0.15) is 5.10 Å². The van der Waals surface area contributed by atoms with Gasteiger partial charge in [0, 0.05) is 0 Å². The van der Waals surface area contributed by atoms with E-state index >= 15 is 0 Å². The van der Waals surface area contributed by atoms with Gasteiger partial charge in [-0.3, -0.25) is 4.79 Å². The van der Waals surface area contributed by atoms with Gasteiger partial charge in [-0.25, -0.2) is 5.43 Å². The Morgan fingerprint density at radius 3 is 2.58 bits per heavy atom. The maximum absolute atomic E-state index is 11.8. The highest BCUT2D eigenvalue weighted by Crippen LogP contribution is 2.22. The Bertz CT molecular complexity index is 724. The second-order valence-corrected chi connectivity index (χ2v) is 5.09. The number of carbonyl (C=O) groups is 1. The zero-order valence-corrected chi connectivity index (χ0v) is 13.8. The third-order valence-electron chi connectivity index (χ3n) is 3.22. The number of carbonyl (C=O) groups excluding carboxylic acids is 1. The predicted octanol–water partition coefficient (Wildman–Crippen LogP) is 3.31. The van der Waals surface area contributed by atoms with Crippen LogP contribution in [0.25, 0.3) is 6.08 Å². The van der Waals surface area contributed by atoms with Gasteiger partial charge in [0.2, 0.25) is 0 Å². The highest BCUT2D eigenvalue weighted by atomic mass is 16.5. The Labute approximate surface area is 142 Å². The molecule has 0 spiro atoms. The minimum atomic E-state index is -0.228. The molecule has 0 fully saturated rings.